The van der Waals surface area contributed by atoms with Gasteiger partial charge in [0, 0.05) is 87.3 Å². The summed E-state index contributed by atoms with van der Waals surface area (Å²) in [6.45, 7) is 10.8. The molecule has 402 valence electrons. The number of ether oxygens (including phenoxy) is 3. The first-order valence-electron chi connectivity index (χ1n) is 29.2. The summed E-state index contributed by atoms with van der Waals surface area (Å²) >= 11 is 0. The van der Waals surface area contributed by atoms with Crippen LogP contribution in [0.25, 0.3) is 11.0 Å². The average Bonchev–Trinajstić information content (AvgIpc) is 1.95. The molecule has 18 heteroatoms. The molecule has 4 heterocycles. The number of benzene rings is 4. The van der Waals surface area contributed by atoms with Crippen LogP contribution in [0.1, 0.15) is 119 Å². The minimum atomic E-state index is -4.63. The van der Waals surface area contributed by atoms with Crippen LogP contribution >= 0.6 is 0 Å². The summed E-state index contributed by atoms with van der Waals surface area (Å²) in [7, 11) is -10.2. The van der Waals surface area contributed by atoms with Gasteiger partial charge in [-0.1, -0.05) is 44.2 Å². The number of anilines is 2. The number of aromatic nitrogens is 2. The topological polar surface area (TPSA) is 205 Å². The van der Waals surface area contributed by atoms with Gasteiger partial charge in [0.05, 0.1) is 49.5 Å². The number of pyridine rings is 1. The Morgan fingerprint density at radius 3 is 2.47 bits per heavy atom. The second-order valence-electron chi connectivity index (χ2n) is 21.9. The summed E-state index contributed by atoms with van der Waals surface area (Å²) < 4.78 is 92.6. The maximum absolute atomic E-state index is 14.2. The number of amides is 1. The largest absolute Gasteiger partial charge is 0.493 e. The third-order valence-electron chi connectivity index (χ3n) is 16.4. The lowest BCUT2D eigenvalue weighted by atomic mass is 9.59. The Labute approximate surface area is 453 Å². The zero-order chi connectivity index (χ0) is 58.4. The minimum absolute atomic E-state index is 0.0716. The van der Waals surface area contributed by atoms with Gasteiger partial charge in [-0.25, -0.2) is 18.1 Å². The number of rotatable bonds is 17. The van der Waals surface area contributed by atoms with E-state index in [4.69, 9.17) is 22.4 Å². The van der Waals surface area contributed by atoms with E-state index in [2.05, 4.69) is 72.8 Å². The lowest BCUT2D eigenvalue weighted by Crippen LogP contribution is -2.60. The van der Waals surface area contributed by atoms with E-state index in [0.29, 0.717) is 49.9 Å². The Kier molecular flexibility index (Phi) is 13.0. The lowest BCUT2D eigenvalue weighted by molar-refractivity contribution is -0.384. The number of H-pyrrole nitrogens is 1. The first-order valence-corrected chi connectivity index (χ1v) is 27.7. The summed E-state index contributed by atoms with van der Waals surface area (Å²) in [5.74, 6) is -0.440. The molecule has 2 aliphatic carbocycles. The fourth-order valence-electron chi connectivity index (χ4n) is 12.0. The molecule has 1 unspecified atom stereocenters. The van der Waals surface area contributed by atoms with Crippen molar-refractivity contribution in [3.05, 3.63) is 136 Å². The molecule has 2 saturated carbocycles. The smallest absolute Gasteiger partial charge is 0.293 e. The van der Waals surface area contributed by atoms with Crippen molar-refractivity contribution in [3.8, 4) is 23.0 Å². The van der Waals surface area contributed by atoms with Crippen LogP contribution in [0.5, 0.6) is 23.0 Å². The van der Waals surface area contributed by atoms with Gasteiger partial charge in [-0.05, 0) is 141 Å². The first-order chi connectivity index (χ1) is 38.8. The van der Waals surface area contributed by atoms with E-state index in [1.54, 1.807) is 43.5 Å². The molecule has 2 saturated heterocycles. The SMILES string of the molecule is [2H]C([2H])([2H])Oc1ccc(CN2CCN(C3CC4(CCN(c5ccc(C(=O)NS(=O)(=O)c6ccc(NCC7CCC(C)(O)CC7)c([N+](=O)[O-])c6)c(Oc6cnc7[nH]ccc7c6)c5)CC4)C3)C(c3ccccc3C(C)C)C2)cc1OC([2H])([2H])[2H]. The molecular formula is C58H70N8O9S. The number of fused-ring (bicyclic) bond motifs is 1. The molecule has 4 N–H and O–H groups in total. The van der Waals surface area contributed by atoms with E-state index < -0.39 is 51.1 Å². The number of carbonyl (C=O) groups excluding carboxylic acids is 1. The molecule has 1 atom stereocenters. The van der Waals surface area contributed by atoms with Gasteiger partial charge in [0.15, 0.2) is 11.5 Å². The Morgan fingerprint density at radius 1 is 0.934 bits per heavy atom. The van der Waals surface area contributed by atoms with Gasteiger partial charge in [-0.2, -0.15) is 0 Å². The van der Waals surface area contributed by atoms with Crippen LogP contribution in [0.4, 0.5) is 17.1 Å². The quantitative estimate of drug-likeness (QED) is 0.0496. The van der Waals surface area contributed by atoms with Crippen molar-refractivity contribution in [2.24, 2.45) is 11.3 Å². The predicted molar refractivity (Wildman–Crippen MR) is 293 cm³/mol. The van der Waals surface area contributed by atoms with E-state index in [1.807, 2.05) is 6.07 Å². The fraction of sp³-hybridized carbons (Fsp3) is 0.448. The molecule has 1 amide bonds. The highest BCUT2D eigenvalue weighted by Gasteiger charge is 2.50. The number of hydrogen-bond acceptors (Lipinski definition) is 14. The Hall–Kier alpha value is -6.73. The van der Waals surface area contributed by atoms with E-state index in [-0.39, 0.29) is 51.8 Å². The molecule has 17 nitrogen and oxygen atoms in total. The van der Waals surface area contributed by atoms with Crippen molar-refractivity contribution in [1.29, 1.82) is 0 Å². The van der Waals surface area contributed by atoms with E-state index in [1.165, 1.54) is 41.6 Å². The van der Waals surface area contributed by atoms with Gasteiger partial charge in [-0.15, -0.1) is 0 Å². The first kappa shape index (κ1) is 45.5. The molecular weight excluding hydrogens is 985 g/mol. The van der Waals surface area contributed by atoms with E-state index in [0.717, 1.165) is 87.4 Å². The number of piperidine rings is 1. The van der Waals surface area contributed by atoms with Gasteiger partial charge in [0.25, 0.3) is 21.6 Å². The normalized spacial score (nSPS) is 22.8. The molecule has 4 aliphatic rings. The van der Waals surface area contributed by atoms with Crippen molar-refractivity contribution in [2.45, 2.75) is 107 Å². The molecule has 0 radical (unpaired) electrons. The van der Waals surface area contributed by atoms with Crippen molar-refractivity contribution in [2.75, 3.05) is 63.6 Å². The zero-order valence-corrected chi connectivity index (χ0v) is 43.9. The lowest BCUT2D eigenvalue weighted by Gasteiger charge is -2.58. The van der Waals surface area contributed by atoms with Gasteiger partial charge >= 0.3 is 0 Å². The van der Waals surface area contributed by atoms with Crippen LogP contribution in [-0.4, -0.2) is 109 Å². The monoisotopic (exact) mass is 1060 g/mol. The van der Waals surface area contributed by atoms with Crippen molar-refractivity contribution >= 4 is 44.0 Å². The predicted octanol–water partition coefficient (Wildman–Crippen LogP) is 10.2. The highest BCUT2D eigenvalue weighted by molar-refractivity contribution is 7.90. The number of nitrogens with one attached hydrogen (secondary N) is 3. The number of aliphatic hydroxyl groups is 1. The van der Waals surface area contributed by atoms with E-state index >= 15 is 0 Å². The Bertz CT molecular complexity index is 3420. The van der Waals surface area contributed by atoms with Gasteiger partial charge in [-0.3, -0.25) is 24.7 Å². The third-order valence-corrected chi connectivity index (χ3v) is 17.7. The third kappa shape index (κ3) is 11.4. The summed E-state index contributed by atoms with van der Waals surface area (Å²) in [6, 6.07) is 25.9. The van der Waals surface area contributed by atoms with E-state index in [9.17, 15) is 28.4 Å². The second kappa shape index (κ2) is 21.7. The molecule has 2 aromatic heterocycles. The number of methoxy groups -OCH3 is 2. The summed E-state index contributed by atoms with van der Waals surface area (Å²) in [5.41, 5.74) is 3.73. The number of nitro benzene ring substituents is 1. The molecule has 0 bridgehead atoms. The molecule has 4 fully saturated rings. The van der Waals surface area contributed by atoms with Crippen molar-refractivity contribution < 1.29 is 45.7 Å². The average molecular weight is 1060 g/mol. The molecule has 2 aliphatic heterocycles. The van der Waals surface area contributed by atoms with Crippen LogP contribution in [-0.2, 0) is 16.6 Å². The number of carbonyl (C=O) groups is 1. The van der Waals surface area contributed by atoms with Crippen LogP contribution in [0.2, 0.25) is 0 Å². The van der Waals surface area contributed by atoms with Crippen molar-refractivity contribution in [1.82, 2.24) is 24.5 Å². The maximum atomic E-state index is 14.2. The number of sulfonamides is 1. The van der Waals surface area contributed by atoms with Crippen molar-refractivity contribution in [3.63, 3.8) is 0 Å². The van der Waals surface area contributed by atoms with Gasteiger partial charge < -0.3 is 34.5 Å². The zero-order valence-electron chi connectivity index (χ0n) is 49.1. The van der Waals surface area contributed by atoms with Crippen LogP contribution in [0, 0.1) is 21.4 Å². The van der Waals surface area contributed by atoms with Gasteiger partial charge in [0.2, 0.25) is 0 Å². The summed E-state index contributed by atoms with van der Waals surface area (Å²) in [6.07, 6.45) is 9.85. The van der Waals surface area contributed by atoms with Crippen LogP contribution in [0.15, 0.2) is 108 Å². The minimum Gasteiger partial charge on any atom is -0.493 e. The number of piperazine rings is 1. The molecule has 1 spiro atoms. The van der Waals surface area contributed by atoms with Crippen LogP contribution in [0.3, 0.4) is 0 Å². The number of nitro groups is 1. The second-order valence-corrected chi connectivity index (χ2v) is 23.6. The molecule has 76 heavy (non-hydrogen) atoms. The fourth-order valence-corrected chi connectivity index (χ4v) is 13.0. The Morgan fingerprint density at radius 2 is 1.71 bits per heavy atom. The number of aromatic amines is 1. The molecule has 6 aromatic rings. The summed E-state index contributed by atoms with van der Waals surface area (Å²) in [4.78, 5) is 40.1. The molecule has 4 aromatic carbocycles. The highest BCUT2D eigenvalue weighted by atomic mass is 32.2. The number of hydrogen-bond donors (Lipinski definition) is 4. The molecule has 10 rings (SSSR count). The van der Waals surface area contributed by atoms with Gasteiger partial charge in [0.1, 0.15) is 22.8 Å². The maximum Gasteiger partial charge on any atom is 0.293 e. The highest BCUT2D eigenvalue weighted by Crippen LogP contribution is 2.53. The summed E-state index contributed by atoms with van der Waals surface area (Å²) in [5, 5.41) is 26.5. The Balaban J connectivity index is 0.829. The van der Waals surface area contributed by atoms with Crippen LogP contribution < -0.4 is 29.1 Å². The number of nitrogens with zero attached hydrogens (tertiary/aromatic N) is 5. The standard InChI is InChI=1S/C58H70N8O9S/c1-38(2)46-8-6-7-9-47(46)51-37-63(36-40-10-15-52(73-4)54(28-40)74-5)26-27-65(51)43-32-58(33-43)21-24-64(25-22-58)42-11-13-48(53(30-42)75-44-29-41-18-23-59-55(41)61-35-44)56(67)62-76(71,72)45-12-14-49(50(31-45)66(69)70)60-34-39-16-19-57(3,68)20-17-39/h6-15,18,23,28-31,35,38-39,43,51,60,68H,16-17,19-22,24-27,32-34,36-37H2,1-5H3,(H,59,61)(H,62,67)/i4D3,5D3.